The fraction of sp³-hybridized carbons (Fsp3) is 0.958. The van der Waals surface area contributed by atoms with Crippen molar-refractivity contribution in [2.24, 2.45) is 0 Å². The SMILES string of the molecule is CCCCCCCCCCCCCCCCCC(=O)O.ClC1C(Cl)C(Cl)C(Cl)C(Cl)C1Cl. The minimum absolute atomic E-state index is 0.345. The number of aliphatic carboxylic acids is 1. The number of hydrogen-bond acceptors (Lipinski definition) is 1. The predicted molar refractivity (Wildman–Crippen MR) is 145 cm³/mol. The average Bonchev–Trinajstić information content (AvgIpc) is 2.78. The van der Waals surface area contributed by atoms with Gasteiger partial charge in [-0.3, -0.25) is 4.79 Å². The molecule has 1 N–H and O–H groups in total. The number of unbranched alkanes of at least 4 members (excludes halogenated alkanes) is 14. The van der Waals surface area contributed by atoms with Crippen LogP contribution in [0.4, 0.5) is 0 Å². The standard InChI is InChI=1S/C18H36O2.C6H6Cl6/c1-2-3-4-5-6-7-8-9-10-11-12-13-14-15-16-17-18(19)20;7-1-2(8)4(10)6(12)5(11)3(1)9/h2-17H2,1H3,(H,19,20);1-6H. The minimum atomic E-state index is -0.653. The number of hydrogen-bond donors (Lipinski definition) is 1. The van der Waals surface area contributed by atoms with Crippen molar-refractivity contribution in [1.82, 2.24) is 0 Å². The molecule has 2 nitrogen and oxygen atoms in total. The largest absolute Gasteiger partial charge is 0.481 e. The molecule has 32 heavy (non-hydrogen) atoms. The van der Waals surface area contributed by atoms with Crippen LogP contribution in [0.5, 0.6) is 0 Å². The zero-order chi connectivity index (χ0) is 24.4. The van der Waals surface area contributed by atoms with Crippen molar-refractivity contribution >= 4 is 75.6 Å². The van der Waals surface area contributed by atoms with Crippen molar-refractivity contribution in [2.45, 2.75) is 142 Å². The zero-order valence-corrected chi connectivity index (χ0v) is 23.9. The molecule has 0 amide bonds. The molecule has 0 spiro atoms. The summed E-state index contributed by atoms with van der Waals surface area (Å²) >= 11 is 35.3. The molecule has 0 aromatic carbocycles. The smallest absolute Gasteiger partial charge is 0.303 e. The van der Waals surface area contributed by atoms with Crippen LogP contribution in [0.3, 0.4) is 0 Å². The van der Waals surface area contributed by atoms with Gasteiger partial charge in [-0.1, -0.05) is 96.8 Å². The van der Waals surface area contributed by atoms with Gasteiger partial charge in [0.1, 0.15) is 0 Å². The molecule has 0 radical (unpaired) electrons. The summed E-state index contributed by atoms with van der Waals surface area (Å²) in [5.41, 5.74) is 0. The Hall–Kier alpha value is 1.21. The maximum atomic E-state index is 10.3. The fourth-order valence-electron chi connectivity index (χ4n) is 3.70. The third-order valence-corrected chi connectivity index (χ3v) is 9.85. The Labute approximate surface area is 226 Å². The maximum absolute atomic E-state index is 10.3. The van der Waals surface area contributed by atoms with Crippen LogP contribution in [-0.2, 0) is 4.79 Å². The van der Waals surface area contributed by atoms with Crippen molar-refractivity contribution < 1.29 is 9.90 Å². The molecule has 0 aromatic rings. The van der Waals surface area contributed by atoms with Gasteiger partial charge in [0, 0.05) is 6.42 Å². The molecule has 0 unspecified atom stereocenters. The van der Waals surface area contributed by atoms with Crippen molar-refractivity contribution in [1.29, 1.82) is 0 Å². The van der Waals surface area contributed by atoms with Crippen LogP contribution in [-0.4, -0.2) is 43.3 Å². The molecule has 0 saturated heterocycles. The second kappa shape index (κ2) is 21.5. The number of halogens is 6. The maximum Gasteiger partial charge on any atom is 0.303 e. The Morgan fingerprint density at radius 2 is 0.719 bits per heavy atom. The van der Waals surface area contributed by atoms with E-state index in [1.165, 1.54) is 83.5 Å². The summed E-state index contributed by atoms with van der Waals surface area (Å²) in [7, 11) is 0. The van der Waals surface area contributed by atoms with Gasteiger partial charge in [-0.2, -0.15) is 0 Å². The molecule has 0 aromatic heterocycles. The van der Waals surface area contributed by atoms with Crippen LogP contribution < -0.4 is 0 Å². The first kappa shape index (κ1) is 33.2. The number of carboxylic acid groups (broad SMARTS) is 1. The molecule has 0 atom stereocenters. The van der Waals surface area contributed by atoms with Crippen LogP contribution in [0.2, 0.25) is 0 Å². The summed E-state index contributed by atoms with van der Waals surface area (Å²) < 4.78 is 0. The molecule has 1 aliphatic carbocycles. The van der Waals surface area contributed by atoms with E-state index in [1.54, 1.807) is 0 Å². The van der Waals surface area contributed by atoms with Crippen molar-refractivity contribution in [3.8, 4) is 0 Å². The van der Waals surface area contributed by atoms with Gasteiger partial charge in [0.15, 0.2) is 0 Å². The van der Waals surface area contributed by atoms with Crippen molar-refractivity contribution in [3.63, 3.8) is 0 Å². The molecule has 1 rings (SSSR count). The molecule has 0 aliphatic heterocycles. The molecule has 1 saturated carbocycles. The first-order valence-corrected chi connectivity index (χ1v) is 14.9. The van der Waals surface area contributed by atoms with Crippen LogP contribution in [0.25, 0.3) is 0 Å². The van der Waals surface area contributed by atoms with Gasteiger partial charge in [0.2, 0.25) is 0 Å². The lowest BCUT2D eigenvalue weighted by Gasteiger charge is -2.37. The number of rotatable bonds is 16. The molecular weight excluding hydrogens is 533 g/mol. The first-order chi connectivity index (χ1) is 15.2. The lowest BCUT2D eigenvalue weighted by Crippen LogP contribution is -2.52. The summed E-state index contributed by atoms with van der Waals surface area (Å²) in [5.74, 6) is -0.653. The van der Waals surface area contributed by atoms with Gasteiger partial charge in [-0.05, 0) is 6.42 Å². The predicted octanol–water partition coefficient (Wildman–Crippen LogP) is 9.98. The van der Waals surface area contributed by atoms with E-state index in [-0.39, 0.29) is 0 Å². The lowest BCUT2D eigenvalue weighted by atomic mass is 9.97. The average molecular weight is 575 g/mol. The summed E-state index contributed by atoms with van der Waals surface area (Å²) in [6, 6.07) is 0. The Morgan fingerprint density at radius 1 is 0.500 bits per heavy atom. The Morgan fingerprint density at radius 3 is 0.938 bits per heavy atom. The lowest BCUT2D eigenvalue weighted by molar-refractivity contribution is -0.137. The minimum Gasteiger partial charge on any atom is -0.481 e. The van der Waals surface area contributed by atoms with Gasteiger partial charge in [0.25, 0.3) is 0 Å². The van der Waals surface area contributed by atoms with E-state index in [9.17, 15) is 4.79 Å². The van der Waals surface area contributed by atoms with Gasteiger partial charge in [0.05, 0.1) is 32.3 Å². The van der Waals surface area contributed by atoms with Crippen molar-refractivity contribution in [3.05, 3.63) is 0 Å². The highest BCUT2D eigenvalue weighted by atomic mass is 35.5. The molecule has 8 heteroatoms. The van der Waals surface area contributed by atoms with Gasteiger partial charge >= 0.3 is 5.97 Å². The van der Waals surface area contributed by atoms with Gasteiger partial charge < -0.3 is 5.11 Å². The van der Waals surface area contributed by atoms with E-state index in [4.69, 9.17) is 74.7 Å². The van der Waals surface area contributed by atoms with E-state index in [0.29, 0.717) is 6.42 Å². The molecule has 0 heterocycles. The Kier molecular flexibility index (Phi) is 22.3. The summed E-state index contributed by atoms with van der Waals surface area (Å²) in [6.45, 7) is 2.27. The third kappa shape index (κ3) is 16.0. The van der Waals surface area contributed by atoms with Gasteiger partial charge in [-0.15, -0.1) is 69.6 Å². The van der Waals surface area contributed by atoms with Gasteiger partial charge in [-0.25, -0.2) is 0 Å². The van der Waals surface area contributed by atoms with Crippen molar-refractivity contribution in [2.75, 3.05) is 0 Å². The Bertz CT molecular complexity index is 396. The quantitative estimate of drug-likeness (QED) is 0.147. The summed E-state index contributed by atoms with van der Waals surface area (Å²) in [5, 5.41) is 5.90. The third-order valence-electron chi connectivity index (χ3n) is 5.82. The highest BCUT2D eigenvalue weighted by Gasteiger charge is 2.46. The second-order valence-electron chi connectivity index (χ2n) is 8.76. The summed E-state index contributed by atoms with van der Waals surface area (Å²) in [6.07, 6.45) is 20.2. The number of carboxylic acids is 1. The van der Waals surface area contributed by atoms with Crippen LogP contribution >= 0.6 is 69.6 Å². The Balaban J connectivity index is 0.000000677. The highest BCUT2D eigenvalue weighted by Crippen LogP contribution is 2.39. The summed E-state index contributed by atoms with van der Waals surface area (Å²) in [4.78, 5) is 10.3. The normalized spacial score (nSPS) is 27.6. The van der Waals surface area contributed by atoms with E-state index >= 15 is 0 Å². The second-order valence-corrected chi connectivity index (χ2v) is 11.8. The molecule has 0 bridgehead atoms. The topological polar surface area (TPSA) is 37.3 Å². The van der Waals surface area contributed by atoms with E-state index in [2.05, 4.69) is 6.92 Å². The molecule has 1 aliphatic rings. The van der Waals surface area contributed by atoms with E-state index in [1.807, 2.05) is 0 Å². The van der Waals surface area contributed by atoms with E-state index < -0.39 is 38.2 Å². The molecule has 192 valence electrons. The van der Waals surface area contributed by atoms with Crippen LogP contribution in [0.1, 0.15) is 110 Å². The van der Waals surface area contributed by atoms with Crippen LogP contribution in [0.15, 0.2) is 0 Å². The fourth-order valence-corrected chi connectivity index (χ4v) is 6.03. The molecule has 1 fully saturated rings. The number of alkyl halides is 6. The van der Waals surface area contributed by atoms with E-state index in [0.717, 1.165) is 12.8 Å². The monoisotopic (exact) mass is 572 g/mol. The first-order valence-electron chi connectivity index (χ1n) is 12.3. The molecular formula is C24H42Cl6O2. The highest BCUT2D eigenvalue weighted by molar-refractivity contribution is 6.45. The number of carbonyl (C=O) groups is 1. The van der Waals surface area contributed by atoms with Crippen LogP contribution in [0, 0.1) is 0 Å². The zero-order valence-electron chi connectivity index (χ0n) is 19.4.